The first-order valence-corrected chi connectivity index (χ1v) is 7.17. The van der Waals surface area contributed by atoms with E-state index in [-0.39, 0.29) is 12.1 Å². The fourth-order valence-corrected chi connectivity index (χ4v) is 2.95. The van der Waals surface area contributed by atoms with Crippen LogP contribution in [-0.2, 0) is 6.42 Å². The predicted octanol–water partition coefficient (Wildman–Crippen LogP) is 1.60. The minimum Gasteiger partial charge on any atom is -0.391 e. The van der Waals surface area contributed by atoms with Crippen molar-refractivity contribution in [1.29, 1.82) is 0 Å². The quantitative estimate of drug-likeness (QED) is 0.918. The van der Waals surface area contributed by atoms with E-state index < -0.39 is 0 Å². The molecule has 1 aliphatic heterocycles. The molecule has 100 valence electrons. The normalized spacial score (nSPS) is 24.1. The van der Waals surface area contributed by atoms with Crippen LogP contribution in [-0.4, -0.2) is 60.8 Å². The molecule has 2 atom stereocenters. The molecule has 1 aromatic carbocycles. The molecule has 1 aromatic rings. The third-order valence-corrected chi connectivity index (χ3v) is 4.17. The van der Waals surface area contributed by atoms with Crippen molar-refractivity contribution in [3.63, 3.8) is 0 Å². The number of benzene rings is 1. The average Bonchev–Trinajstić information content (AvgIpc) is 2.32. The number of likely N-dealkylation sites (N-methyl/N-ethyl adjacent to an activating group) is 2. The number of halogens is 1. The first-order chi connectivity index (χ1) is 8.56. The van der Waals surface area contributed by atoms with Crippen LogP contribution in [0, 0.1) is 0 Å². The monoisotopic (exact) mass is 312 g/mol. The summed E-state index contributed by atoms with van der Waals surface area (Å²) in [7, 11) is 4.22. The van der Waals surface area contributed by atoms with Crippen molar-refractivity contribution < 1.29 is 5.11 Å². The summed E-state index contributed by atoms with van der Waals surface area (Å²) >= 11 is 3.47. The highest BCUT2D eigenvalue weighted by molar-refractivity contribution is 9.10. The molecule has 1 aliphatic rings. The molecule has 4 heteroatoms. The molecule has 0 saturated carbocycles. The minimum atomic E-state index is -0.313. The lowest BCUT2D eigenvalue weighted by molar-refractivity contribution is 0.0153. The van der Waals surface area contributed by atoms with E-state index in [9.17, 15) is 5.11 Å². The molecule has 0 aliphatic carbocycles. The second kappa shape index (κ2) is 6.15. The highest BCUT2D eigenvalue weighted by Gasteiger charge is 2.28. The third kappa shape index (κ3) is 3.54. The molecule has 0 radical (unpaired) electrons. The van der Waals surface area contributed by atoms with Gasteiger partial charge in [-0.2, -0.15) is 0 Å². The van der Waals surface area contributed by atoms with Gasteiger partial charge in [0.2, 0.25) is 0 Å². The summed E-state index contributed by atoms with van der Waals surface area (Å²) in [6.45, 7) is 3.04. The number of aliphatic hydroxyl groups excluding tert-OH is 1. The van der Waals surface area contributed by atoms with Gasteiger partial charge in [-0.25, -0.2) is 0 Å². The second-order valence-electron chi connectivity index (χ2n) is 5.21. The molecule has 2 unspecified atom stereocenters. The van der Waals surface area contributed by atoms with Crippen molar-refractivity contribution in [2.45, 2.75) is 18.6 Å². The van der Waals surface area contributed by atoms with Gasteiger partial charge in [-0.1, -0.05) is 28.1 Å². The Kier molecular flexibility index (Phi) is 4.78. The Morgan fingerprint density at radius 1 is 1.39 bits per heavy atom. The molecule has 18 heavy (non-hydrogen) atoms. The van der Waals surface area contributed by atoms with Gasteiger partial charge in [0.05, 0.1) is 6.10 Å². The van der Waals surface area contributed by atoms with E-state index in [4.69, 9.17) is 0 Å². The number of piperazine rings is 1. The fraction of sp³-hybridized carbons (Fsp3) is 0.571. The van der Waals surface area contributed by atoms with Gasteiger partial charge in [0, 0.05) is 30.1 Å². The van der Waals surface area contributed by atoms with Crippen molar-refractivity contribution in [2.75, 3.05) is 33.7 Å². The molecule has 1 fully saturated rings. The lowest BCUT2D eigenvalue weighted by atomic mass is 9.99. The maximum absolute atomic E-state index is 10.4. The van der Waals surface area contributed by atoms with Crippen LogP contribution in [0.3, 0.4) is 0 Å². The highest BCUT2D eigenvalue weighted by atomic mass is 79.9. The van der Waals surface area contributed by atoms with E-state index in [1.165, 1.54) is 5.56 Å². The Hall–Kier alpha value is -0.420. The van der Waals surface area contributed by atoms with Crippen LogP contribution < -0.4 is 0 Å². The highest BCUT2D eigenvalue weighted by Crippen LogP contribution is 2.17. The van der Waals surface area contributed by atoms with Crippen LogP contribution in [0.1, 0.15) is 5.56 Å². The Balaban J connectivity index is 2.00. The lowest BCUT2D eigenvalue weighted by Gasteiger charge is -2.40. The number of hydrogen-bond acceptors (Lipinski definition) is 3. The van der Waals surface area contributed by atoms with Gasteiger partial charge in [-0.3, -0.25) is 4.90 Å². The van der Waals surface area contributed by atoms with E-state index >= 15 is 0 Å². The molecule has 0 aromatic heterocycles. The lowest BCUT2D eigenvalue weighted by Crippen LogP contribution is -2.55. The van der Waals surface area contributed by atoms with Crippen LogP contribution in [0.15, 0.2) is 28.7 Å². The van der Waals surface area contributed by atoms with Crippen molar-refractivity contribution in [3.05, 3.63) is 34.3 Å². The van der Waals surface area contributed by atoms with E-state index in [0.717, 1.165) is 24.1 Å². The van der Waals surface area contributed by atoms with Crippen LogP contribution in [0.4, 0.5) is 0 Å². The van der Waals surface area contributed by atoms with E-state index in [1.807, 2.05) is 12.1 Å². The maximum atomic E-state index is 10.4. The molecule has 2 rings (SSSR count). The molecule has 0 bridgehead atoms. The molecule has 1 saturated heterocycles. The van der Waals surface area contributed by atoms with E-state index in [1.54, 1.807) is 0 Å². The summed E-state index contributed by atoms with van der Waals surface area (Å²) in [5.41, 5.74) is 1.18. The van der Waals surface area contributed by atoms with Crippen LogP contribution in [0.25, 0.3) is 0 Å². The Morgan fingerprint density at radius 2 is 2.17 bits per heavy atom. The summed E-state index contributed by atoms with van der Waals surface area (Å²) in [5, 5.41) is 10.4. The Labute approximate surface area is 118 Å². The molecular weight excluding hydrogens is 292 g/mol. The smallest absolute Gasteiger partial charge is 0.0747 e. The van der Waals surface area contributed by atoms with Gasteiger partial charge in [-0.05, 0) is 38.2 Å². The topological polar surface area (TPSA) is 26.7 Å². The van der Waals surface area contributed by atoms with Crippen LogP contribution in [0.2, 0.25) is 0 Å². The largest absolute Gasteiger partial charge is 0.391 e. The zero-order valence-electron chi connectivity index (χ0n) is 11.0. The van der Waals surface area contributed by atoms with Crippen LogP contribution in [0.5, 0.6) is 0 Å². The summed E-state index contributed by atoms with van der Waals surface area (Å²) < 4.78 is 1.07. The Morgan fingerprint density at radius 3 is 2.89 bits per heavy atom. The van der Waals surface area contributed by atoms with Crippen LogP contribution >= 0.6 is 15.9 Å². The number of aliphatic hydroxyl groups is 1. The van der Waals surface area contributed by atoms with Gasteiger partial charge in [0.25, 0.3) is 0 Å². The standard InChI is InChI=1S/C14H21BrN2O/c1-16-6-7-17(2)13(10-16)14(18)9-11-4-3-5-12(15)8-11/h3-5,8,13-14,18H,6-7,9-10H2,1-2H3. The van der Waals surface area contributed by atoms with Gasteiger partial charge in [-0.15, -0.1) is 0 Å². The molecule has 3 nitrogen and oxygen atoms in total. The first-order valence-electron chi connectivity index (χ1n) is 6.37. The molecular formula is C14H21BrN2O. The van der Waals surface area contributed by atoms with Crippen molar-refractivity contribution in [2.24, 2.45) is 0 Å². The molecule has 0 spiro atoms. The average molecular weight is 313 g/mol. The fourth-order valence-electron chi connectivity index (χ4n) is 2.50. The summed E-state index contributed by atoms with van der Waals surface area (Å²) in [6, 6.07) is 8.40. The van der Waals surface area contributed by atoms with Gasteiger partial charge < -0.3 is 10.0 Å². The van der Waals surface area contributed by atoms with Crippen molar-refractivity contribution in [1.82, 2.24) is 9.80 Å². The second-order valence-corrected chi connectivity index (χ2v) is 6.13. The number of rotatable bonds is 3. The summed E-state index contributed by atoms with van der Waals surface area (Å²) in [6.07, 6.45) is 0.398. The van der Waals surface area contributed by atoms with E-state index in [0.29, 0.717) is 6.42 Å². The van der Waals surface area contributed by atoms with E-state index in [2.05, 4.69) is 52.0 Å². The maximum Gasteiger partial charge on any atom is 0.0747 e. The van der Waals surface area contributed by atoms with Gasteiger partial charge >= 0.3 is 0 Å². The van der Waals surface area contributed by atoms with Gasteiger partial charge in [0.15, 0.2) is 0 Å². The van der Waals surface area contributed by atoms with Crippen molar-refractivity contribution >= 4 is 15.9 Å². The third-order valence-electron chi connectivity index (χ3n) is 3.68. The SMILES string of the molecule is CN1CCN(C)C(C(O)Cc2cccc(Br)c2)C1. The minimum absolute atomic E-state index is 0.225. The summed E-state index contributed by atoms with van der Waals surface area (Å²) in [4.78, 5) is 4.55. The molecule has 0 amide bonds. The number of hydrogen-bond donors (Lipinski definition) is 1. The number of nitrogens with zero attached hydrogens (tertiary/aromatic N) is 2. The van der Waals surface area contributed by atoms with Gasteiger partial charge in [0.1, 0.15) is 0 Å². The Bertz CT molecular complexity index is 399. The predicted molar refractivity (Wildman–Crippen MR) is 77.8 cm³/mol. The first kappa shape index (κ1) is 14.0. The van der Waals surface area contributed by atoms with Crippen molar-refractivity contribution in [3.8, 4) is 0 Å². The molecule has 1 heterocycles. The molecule has 1 N–H and O–H groups in total. The zero-order valence-corrected chi connectivity index (χ0v) is 12.6. The zero-order chi connectivity index (χ0) is 13.1. The summed E-state index contributed by atoms with van der Waals surface area (Å²) in [5.74, 6) is 0.